The lowest BCUT2D eigenvalue weighted by molar-refractivity contribution is 1.41. The van der Waals surface area contributed by atoms with Gasteiger partial charge in [0.1, 0.15) is 7.22 Å². The van der Waals surface area contributed by atoms with Crippen LogP contribution in [-0.2, 0) is 0 Å². The zero-order valence-electron chi connectivity index (χ0n) is 14.7. The first-order valence-electron chi connectivity index (χ1n) is 8.24. The molecule has 0 aromatic heterocycles. The standard InChI is InChI=1S/C21H23NSSi/c1-16-9-11-17(12-10-16)15-22-21-19-8-6-5-7-18(19)13-14-20(21)23-24(2,3)4/h5-15H,1-4H3. The maximum atomic E-state index is 4.89. The number of rotatable bonds is 4. The van der Waals surface area contributed by atoms with Gasteiger partial charge in [0.25, 0.3) is 0 Å². The highest BCUT2D eigenvalue weighted by molar-refractivity contribution is 8.28. The van der Waals surface area contributed by atoms with Crippen LogP contribution in [0.4, 0.5) is 5.69 Å². The Morgan fingerprint density at radius 2 is 1.58 bits per heavy atom. The summed E-state index contributed by atoms with van der Waals surface area (Å²) in [5.74, 6) is 0. The summed E-state index contributed by atoms with van der Waals surface area (Å²) in [5.41, 5.74) is 3.51. The number of aryl methyl sites for hydroxylation is 1. The fraction of sp³-hybridized carbons (Fsp3) is 0.190. The van der Waals surface area contributed by atoms with Crippen LogP contribution in [0.25, 0.3) is 10.8 Å². The summed E-state index contributed by atoms with van der Waals surface area (Å²) in [6, 6.07) is 21.4. The van der Waals surface area contributed by atoms with Gasteiger partial charge >= 0.3 is 0 Å². The number of hydrogen-bond donors (Lipinski definition) is 0. The van der Waals surface area contributed by atoms with Gasteiger partial charge in [-0.25, -0.2) is 0 Å². The van der Waals surface area contributed by atoms with E-state index in [9.17, 15) is 0 Å². The monoisotopic (exact) mass is 349 g/mol. The number of nitrogens with zero attached hydrogens (tertiary/aromatic N) is 1. The van der Waals surface area contributed by atoms with E-state index < -0.39 is 7.22 Å². The molecule has 0 saturated heterocycles. The summed E-state index contributed by atoms with van der Waals surface area (Å²) in [4.78, 5) is 6.18. The van der Waals surface area contributed by atoms with Crippen LogP contribution in [0.1, 0.15) is 11.1 Å². The predicted molar refractivity (Wildman–Crippen MR) is 112 cm³/mol. The van der Waals surface area contributed by atoms with Gasteiger partial charge in [0, 0.05) is 16.5 Å². The molecule has 0 heterocycles. The molecule has 0 bridgehead atoms. The van der Waals surface area contributed by atoms with Crippen LogP contribution in [0.15, 0.2) is 70.6 Å². The molecule has 0 aliphatic rings. The number of hydrogen-bond acceptors (Lipinski definition) is 2. The second-order valence-electron chi connectivity index (χ2n) is 7.02. The van der Waals surface area contributed by atoms with E-state index in [0.717, 1.165) is 11.3 Å². The van der Waals surface area contributed by atoms with E-state index in [4.69, 9.17) is 4.99 Å². The normalized spacial score (nSPS) is 12.2. The molecule has 1 nitrogen and oxygen atoms in total. The van der Waals surface area contributed by atoms with Crippen molar-refractivity contribution in [2.45, 2.75) is 31.5 Å². The van der Waals surface area contributed by atoms with Crippen LogP contribution in [0, 0.1) is 6.92 Å². The largest absolute Gasteiger partial charge is 0.254 e. The second-order valence-corrected chi connectivity index (χ2v) is 16.2. The van der Waals surface area contributed by atoms with Crippen LogP contribution in [0.2, 0.25) is 19.6 Å². The number of fused-ring (bicyclic) bond motifs is 1. The number of aliphatic imine (C=N–C) groups is 1. The maximum absolute atomic E-state index is 4.89. The Morgan fingerprint density at radius 3 is 2.29 bits per heavy atom. The minimum Gasteiger partial charge on any atom is -0.254 e. The summed E-state index contributed by atoms with van der Waals surface area (Å²) in [5, 5.41) is 2.47. The molecule has 0 saturated carbocycles. The van der Waals surface area contributed by atoms with Crippen molar-refractivity contribution in [1.29, 1.82) is 0 Å². The maximum Gasteiger partial charge on any atom is 0.114 e. The van der Waals surface area contributed by atoms with E-state index in [1.165, 1.54) is 21.2 Å². The molecule has 24 heavy (non-hydrogen) atoms. The molecule has 0 atom stereocenters. The smallest absolute Gasteiger partial charge is 0.114 e. The Labute approximate surface area is 149 Å². The van der Waals surface area contributed by atoms with Gasteiger partial charge in [0.15, 0.2) is 0 Å². The third-order valence-electron chi connectivity index (χ3n) is 3.70. The third kappa shape index (κ3) is 4.16. The Hall–Kier alpha value is -1.84. The van der Waals surface area contributed by atoms with Crippen molar-refractivity contribution in [1.82, 2.24) is 0 Å². The fourth-order valence-electron chi connectivity index (χ4n) is 2.57. The predicted octanol–water partition coefficient (Wildman–Crippen LogP) is 6.83. The van der Waals surface area contributed by atoms with Crippen molar-refractivity contribution in [3.05, 3.63) is 71.8 Å². The lowest BCUT2D eigenvalue weighted by Crippen LogP contribution is -2.13. The average molecular weight is 350 g/mol. The van der Waals surface area contributed by atoms with Crippen LogP contribution in [-0.4, -0.2) is 13.4 Å². The van der Waals surface area contributed by atoms with Crippen molar-refractivity contribution < 1.29 is 0 Å². The third-order valence-corrected chi connectivity index (χ3v) is 7.36. The molecule has 3 aromatic carbocycles. The zero-order chi connectivity index (χ0) is 17.2. The van der Waals surface area contributed by atoms with Gasteiger partial charge in [0.2, 0.25) is 0 Å². The molecule has 0 unspecified atom stereocenters. The minimum atomic E-state index is -1.29. The zero-order valence-corrected chi connectivity index (χ0v) is 16.5. The SMILES string of the molecule is Cc1ccc(C=Nc2c(S[Si](C)(C)C)ccc3ccccc23)cc1. The van der Waals surface area contributed by atoms with Crippen LogP contribution >= 0.6 is 11.2 Å². The average Bonchev–Trinajstić information content (AvgIpc) is 2.54. The first-order chi connectivity index (χ1) is 11.4. The van der Waals surface area contributed by atoms with E-state index in [1.54, 1.807) is 0 Å². The van der Waals surface area contributed by atoms with Crippen molar-refractivity contribution in [3.63, 3.8) is 0 Å². The molecular weight excluding hydrogens is 326 g/mol. The summed E-state index contributed by atoms with van der Waals surface area (Å²) in [6.45, 7) is 9.23. The quantitative estimate of drug-likeness (QED) is 0.371. The molecule has 3 rings (SSSR count). The van der Waals surface area contributed by atoms with E-state index in [-0.39, 0.29) is 0 Å². The van der Waals surface area contributed by atoms with Crippen molar-refractivity contribution in [2.75, 3.05) is 0 Å². The summed E-state index contributed by atoms with van der Waals surface area (Å²) >= 11 is 2.00. The molecule has 0 spiro atoms. The molecule has 0 N–H and O–H groups in total. The van der Waals surface area contributed by atoms with Gasteiger partial charge in [0.05, 0.1) is 5.69 Å². The molecule has 0 aliphatic carbocycles. The lowest BCUT2D eigenvalue weighted by Gasteiger charge is -2.17. The highest BCUT2D eigenvalue weighted by atomic mass is 32.4. The molecule has 0 fully saturated rings. The van der Waals surface area contributed by atoms with Crippen molar-refractivity contribution >= 4 is 41.1 Å². The van der Waals surface area contributed by atoms with Gasteiger partial charge in [-0.05, 0) is 23.9 Å². The molecule has 0 aliphatic heterocycles. The first kappa shape index (κ1) is 17.0. The van der Waals surface area contributed by atoms with Crippen LogP contribution in [0.3, 0.4) is 0 Å². The topological polar surface area (TPSA) is 12.4 Å². The second kappa shape index (κ2) is 6.95. The highest BCUT2D eigenvalue weighted by Crippen LogP contribution is 2.40. The molecule has 0 amide bonds. The van der Waals surface area contributed by atoms with Crippen molar-refractivity contribution in [2.24, 2.45) is 4.99 Å². The molecular formula is C21H23NSSi. The summed E-state index contributed by atoms with van der Waals surface area (Å²) in [6.07, 6.45) is 1.98. The Morgan fingerprint density at radius 1 is 0.875 bits per heavy atom. The Balaban J connectivity index is 2.08. The summed E-state index contributed by atoms with van der Waals surface area (Å²) < 4.78 is 0. The molecule has 0 radical (unpaired) electrons. The van der Waals surface area contributed by atoms with Gasteiger partial charge < -0.3 is 0 Å². The van der Waals surface area contributed by atoms with E-state index in [2.05, 4.69) is 87.2 Å². The molecule has 3 heteroatoms. The first-order valence-corrected chi connectivity index (χ1v) is 13.3. The van der Waals surface area contributed by atoms with Crippen molar-refractivity contribution in [3.8, 4) is 0 Å². The summed E-state index contributed by atoms with van der Waals surface area (Å²) in [7, 11) is -1.29. The molecule has 122 valence electrons. The molecule has 3 aromatic rings. The Kier molecular flexibility index (Phi) is 4.92. The highest BCUT2D eigenvalue weighted by Gasteiger charge is 2.18. The van der Waals surface area contributed by atoms with Crippen LogP contribution in [0.5, 0.6) is 0 Å². The minimum absolute atomic E-state index is 1.10. The Bertz CT molecular complexity index is 876. The van der Waals surface area contributed by atoms with Crippen LogP contribution < -0.4 is 0 Å². The number of benzene rings is 3. The van der Waals surface area contributed by atoms with Gasteiger partial charge in [-0.3, -0.25) is 4.99 Å². The van der Waals surface area contributed by atoms with E-state index in [0.29, 0.717) is 0 Å². The van der Waals surface area contributed by atoms with Gasteiger partial charge in [-0.2, -0.15) is 0 Å². The van der Waals surface area contributed by atoms with E-state index in [1.807, 2.05) is 17.4 Å². The fourth-order valence-corrected chi connectivity index (χ4v) is 6.10. The lowest BCUT2D eigenvalue weighted by atomic mass is 10.1. The van der Waals surface area contributed by atoms with E-state index >= 15 is 0 Å². The van der Waals surface area contributed by atoms with Gasteiger partial charge in [-0.15, -0.1) is 11.2 Å². The van der Waals surface area contributed by atoms with Gasteiger partial charge in [-0.1, -0.05) is 79.8 Å².